The molecule has 0 N–H and O–H groups in total. The molecule has 23 heavy (non-hydrogen) atoms. The Balaban J connectivity index is 2.41. The Bertz CT molecular complexity index is 802. The zero-order chi connectivity index (χ0) is 17.0. The highest BCUT2D eigenvalue weighted by atomic mass is 32.2. The zero-order valence-electron chi connectivity index (χ0n) is 12.7. The van der Waals surface area contributed by atoms with E-state index >= 15 is 0 Å². The Hall–Kier alpha value is -2.38. The Morgan fingerprint density at radius 1 is 1.17 bits per heavy atom. The van der Waals surface area contributed by atoms with E-state index < -0.39 is 16.0 Å². The van der Waals surface area contributed by atoms with Gasteiger partial charge in [0.15, 0.2) is 0 Å². The minimum absolute atomic E-state index is 0.0786. The quantitative estimate of drug-likeness (QED) is 0.783. The number of rotatable bonds is 6. The first kappa shape index (κ1) is 17.0. The van der Waals surface area contributed by atoms with Crippen molar-refractivity contribution in [1.29, 1.82) is 0 Å². The van der Waals surface area contributed by atoms with E-state index in [2.05, 4.69) is 0 Å². The monoisotopic (exact) mass is 334 g/mol. The number of hydrogen-bond acceptors (Lipinski definition) is 5. The second kappa shape index (κ2) is 6.80. The van der Waals surface area contributed by atoms with Crippen molar-refractivity contribution in [2.45, 2.75) is 11.4 Å². The van der Waals surface area contributed by atoms with Crippen LogP contribution in [-0.2, 0) is 16.6 Å². The molecule has 0 amide bonds. The number of carbonyl (C=O) groups excluding carboxylic acids is 1. The van der Waals surface area contributed by atoms with E-state index in [-0.39, 0.29) is 22.8 Å². The van der Waals surface area contributed by atoms with Crippen molar-refractivity contribution < 1.29 is 23.1 Å². The van der Waals surface area contributed by atoms with Crippen LogP contribution in [0.3, 0.4) is 0 Å². The molecule has 0 heterocycles. The van der Waals surface area contributed by atoms with Gasteiger partial charge in [-0.2, -0.15) is 4.31 Å². The second-order valence-electron chi connectivity index (χ2n) is 4.90. The highest BCUT2D eigenvalue weighted by Gasteiger charge is 2.25. The van der Waals surface area contributed by atoms with Gasteiger partial charge in [-0.1, -0.05) is 30.3 Å². The number of nitrogens with zero attached hydrogens (tertiary/aromatic N) is 1. The molecular formula is C16H16NO5S-. The average Bonchev–Trinajstić information content (AvgIpc) is 2.55. The summed E-state index contributed by atoms with van der Waals surface area (Å²) in [5.41, 5.74) is 0.589. The molecule has 0 atom stereocenters. The van der Waals surface area contributed by atoms with Gasteiger partial charge in [0.2, 0.25) is 10.0 Å². The van der Waals surface area contributed by atoms with Crippen LogP contribution in [0, 0.1) is 0 Å². The summed E-state index contributed by atoms with van der Waals surface area (Å²) in [6.07, 6.45) is 0. The third-order valence-corrected chi connectivity index (χ3v) is 5.16. The highest BCUT2D eigenvalue weighted by Crippen LogP contribution is 2.28. The van der Waals surface area contributed by atoms with E-state index in [9.17, 15) is 18.3 Å². The molecule has 2 aromatic carbocycles. The Labute approximate surface area is 135 Å². The molecule has 0 saturated heterocycles. The van der Waals surface area contributed by atoms with Crippen molar-refractivity contribution in [3.05, 3.63) is 59.7 Å². The summed E-state index contributed by atoms with van der Waals surface area (Å²) in [6, 6.07) is 12.7. The normalized spacial score (nSPS) is 11.4. The largest absolute Gasteiger partial charge is 0.545 e. The molecule has 0 spiro atoms. The summed E-state index contributed by atoms with van der Waals surface area (Å²) in [6.45, 7) is 0.155. The first-order valence-electron chi connectivity index (χ1n) is 6.76. The van der Waals surface area contributed by atoms with Gasteiger partial charge in [-0.3, -0.25) is 0 Å². The molecule has 7 heteroatoms. The first-order valence-corrected chi connectivity index (χ1v) is 8.20. The van der Waals surface area contributed by atoms with Gasteiger partial charge in [-0.25, -0.2) is 8.42 Å². The minimum Gasteiger partial charge on any atom is -0.545 e. The topological polar surface area (TPSA) is 86.7 Å². The molecule has 2 rings (SSSR count). The molecule has 0 saturated carbocycles. The van der Waals surface area contributed by atoms with Crippen molar-refractivity contribution in [2.24, 2.45) is 0 Å². The van der Waals surface area contributed by atoms with Gasteiger partial charge < -0.3 is 14.6 Å². The van der Waals surface area contributed by atoms with Gasteiger partial charge >= 0.3 is 0 Å². The number of hydrogen-bond donors (Lipinski definition) is 0. The maximum Gasteiger partial charge on any atom is 0.246 e. The van der Waals surface area contributed by atoms with Crippen LogP contribution in [0.4, 0.5) is 0 Å². The van der Waals surface area contributed by atoms with Gasteiger partial charge in [0.1, 0.15) is 10.6 Å². The van der Waals surface area contributed by atoms with Crippen LogP contribution >= 0.6 is 0 Å². The highest BCUT2D eigenvalue weighted by molar-refractivity contribution is 7.89. The smallest absolute Gasteiger partial charge is 0.246 e. The molecule has 6 nitrogen and oxygen atoms in total. The van der Waals surface area contributed by atoms with Crippen LogP contribution in [0.15, 0.2) is 53.4 Å². The van der Waals surface area contributed by atoms with Crippen molar-refractivity contribution in [2.75, 3.05) is 14.2 Å². The van der Waals surface area contributed by atoms with Crippen LogP contribution < -0.4 is 9.84 Å². The number of carboxylic acid groups (broad SMARTS) is 1. The predicted molar refractivity (Wildman–Crippen MR) is 82.4 cm³/mol. The first-order chi connectivity index (χ1) is 10.9. The fourth-order valence-corrected chi connectivity index (χ4v) is 3.43. The molecule has 122 valence electrons. The third kappa shape index (κ3) is 3.69. The summed E-state index contributed by atoms with van der Waals surface area (Å²) in [4.78, 5) is 10.8. The lowest BCUT2D eigenvalue weighted by atomic mass is 10.2. The summed E-state index contributed by atoms with van der Waals surface area (Å²) >= 11 is 0. The van der Waals surface area contributed by atoms with E-state index in [1.54, 1.807) is 12.1 Å². The van der Waals surface area contributed by atoms with E-state index in [4.69, 9.17) is 4.74 Å². The third-order valence-electron chi connectivity index (χ3n) is 3.34. The molecule has 0 unspecified atom stereocenters. The van der Waals surface area contributed by atoms with Crippen molar-refractivity contribution >= 4 is 16.0 Å². The van der Waals surface area contributed by atoms with Crippen molar-refractivity contribution in [3.8, 4) is 5.75 Å². The summed E-state index contributed by atoms with van der Waals surface area (Å²) in [5.74, 6) is -1.37. The lowest BCUT2D eigenvalue weighted by molar-refractivity contribution is -0.255. The van der Waals surface area contributed by atoms with Crippen LogP contribution in [0.2, 0.25) is 0 Å². The second-order valence-corrected chi connectivity index (χ2v) is 6.91. The molecular weight excluding hydrogens is 318 g/mol. The number of carbonyl (C=O) groups is 1. The van der Waals surface area contributed by atoms with Gasteiger partial charge in [-0.05, 0) is 29.3 Å². The summed E-state index contributed by atoms with van der Waals surface area (Å²) in [7, 11) is -1.17. The van der Waals surface area contributed by atoms with Crippen molar-refractivity contribution in [3.63, 3.8) is 0 Å². The molecule has 0 aliphatic rings. The van der Waals surface area contributed by atoms with Crippen LogP contribution in [0.25, 0.3) is 0 Å². The summed E-state index contributed by atoms with van der Waals surface area (Å²) in [5, 5.41) is 11.0. The minimum atomic E-state index is -3.92. The maximum atomic E-state index is 12.7. The van der Waals surface area contributed by atoms with Crippen molar-refractivity contribution in [1.82, 2.24) is 4.31 Å². The lowest BCUT2D eigenvalue weighted by Gasteiger charge is -2.19. The molecule has 0 bridgehead atoms. The number of aromatic carboxylic acids is 1. The van der Waals surface area contributed by atoms with Crippen LogP contribution in [0.1, 0.15) is 15.9 Å². The number of sulfonamides is 1. The number of benzene rings is 2. The number of carboxylic acids is 1. The molecule has 0 aliphatic carbocycles. The lowest BCUT2D eigenvalue weighted by Crippen LogP contribution is -2.28. The standard InChI is InChI=1S/C16H17NO5S/c1-17(11-12-6-4-3-5-7-12)23(20,21)15-10-13(16(18)19)8-9-14(15)22-2/h3-10H,11H2,1-2H3,(H,18,19)/p-1. The Kier molecular flexibility index (Phi) is 5.02. The van der Waals surface area contributed by atoms with Crippen LogP contribution in [0.5, 0.6) is 5.75 Å². The molecule has 0 radical (unpaired) electrons. The zero-order valence-corrected chi connectivity index (χ0v) is 13.5. The van der Waals surface area contributed by atoms with Gasteiger partial charge in [0.25, 0.3) is 0 Å². The van der Waals surface area contributed by atoms with E-state index in [0.717, 1.165) is 15.9 Å². The fraction of sp³-hybridized carbons (Fsp3) is 0.188. The molecule has 2 aromatic rings. The van der Waals surface area contributed by atoms with E-state index in [1.807, 2.05) is 18.2 Å². The number of methoxy groups -OCH3 is 1. The Morgan fingerprint density at radius 3 is 2.39 bits per heavy atom. The van der Waals surface area contributed by atoms with Gasteiger partial charge in [0, 0.05) is 13.6 Å². The Morgan fingerprint density at radius 2 is 1.83 bits per heavy atom. The molecule has 0 aromatic heterocycles. The van der Waals surface area contributed by atoms with Gasteiger partial charge in [-0.15, -0.1) is 0 Å². The maximum absolute atomic E-state index is 12.7. The SMILES string of the molecule is COc1ccc(C(=O)[O-])cc1S(=O)(=O)N(C)Cc1ccccc1. The summed E-state index contributed by atoms with van der Waals surface area (Å²) < 4.78 is 31.6. The van der Waals surface area contributed by atoms with Crippen LogP contribution in [-0.4, -0.2) is 32.8 Å². The predicted octanol–water partition coefficient (Wildman–Crippen LogP) is 0.879. The van der Waals surface area contributed by atoms with Gasteiger partial charge in [0.05, 0.1) is 13.1 Å². The molecule has 0 aliphatic heterocycles. The molecule has 0 fully saturated rings. The fourth-order valence-electron chi connectivity index (χ4n) is 2.10. The van der Waals surface area contributed by atoms with E-state index in [0.29, 0.717) is 0 Å². The number of ether oxygens (including phenoxy) is 1. The van der Waals surface area contributed by atoms with E-state index in [1.165, 1.54) is 26.3 Å². The average molecular weight is 334 g/mol.